The van der Waals surface area contributed by atoms with Gasteiger partial charge in [0.2, 0.25) is 0 Å². The zero-order valence-electron chi connectivity index (χ0n) is 8.51. The number of carboxylic acids is 1. The van der Waals surface area contributed by atoms with E-state index in [1.807, 2.05) is 23.1 Å². The largest absolute Gasteiger partial charge is 0.480 e. The Hall–Kier alpha value is -1.22. The van der Waals surface area contributed by atoms with E-state index in [-0.39, 0.29) is 12.4 Å². The first-order chi connectivity index (χ1) is 6.70. The Labute approximate surface area is 95.1 Å². The second-order valence-electron chi connectivity index (χ2n) is 3.59. The van der Waals surface area contributed by atoms with Gasteiger partial charge in [-0.2, -0.15) is 0 Å². The number of fused-ring (bicyclic) bond motifs is 1. The number of hydrogen-bond donors (Lipinski definition) is 1. The van der Waals surface area contributed by atoms with Crippen LogP contribution in [0.2, 0.25) is 0 Å². The Morgan fingerprint density at radius 2 is 2.13 bits per heavy atom. The Morgan fingerprint density at radius 1 is 1.47 bits per heavy atom. The lowest BCUT2D eigenvalue weighted by molar-refractivity contribution is -0.138. The van der Waals surface area contributed by atoms with E-state index in [0.717, 1.165) is 18.7 Å². The molecule has 1 N–H and O–H groups in total. The molecule has 0 spiro atoms. The highest BCUT2D eigenvalue weighted by atomic mass is 35.5. The molecule has 0 aliphatic carbocycles. The third kappa shape index (κ3) is 2.07. The number of aliphatic carboxylic acids is 1. The summed E-state index contributed by atoms with van der Waals surface area (Å²) in [5.41, 5.74) is 2.32. The van der Waals surface area contributed by atoms with Gasteiger partial charge >= 0.3 is 5.97 Å². The number of rotatable bonds is 2. The molecule has 0 saturated heterocycles. The molecule has 1 unspecified atom stereocenters. The van der Waals surface area contributed by atoms with Crippen molar-refractivity contribution < 1.29 is 9.90 Å². The summed E-state index contributed by atoms with van der Waals surface area (Å²) in [6.07, 6.45) is 0.952. The van der Waals surface area contributed by atoms with Crippen molar-refractivity contribution in [2.45, 2.75) is 19.4 Å². The van der Waals surface area contributed by atoms with Gasteiger partial charge in [-0.05, 0) is 25.0 Å². The van der Waals surface area contributed by atoms with Crippen LogP contribution in [0.3, 0.4) is 0 Å². The lowest BCUT2D eigenvalue weighted by Gasteiger charge is -2.23. The molecular formula is C11H14ClNO2. The molecule has 1 aromatic carbocycles. The first-order valence-electron chi connectivity index (χ1n) is 4.77. The van der Waals surface area contributed by atoms with Crippen LogP contribution in [-0.2, 0) is 11.2 Å². The average molecular weight is 228 g/mol. The van der Waals surface area contributed by atoms with Crippen molar-refractivity contribution in [1.29, 1.82) is 0 Å². The quantitative estimate of drug-likeness (QED) is 0.840. The summed E-state index contributed by atoms with van der Waals surface area (Å²) < 4.78 is 0. The fourth-order valence-electron chi connectivity index (χ4n) is 1.90. The standard InChI is InChI=1S/C11H13NO2.ClH/c1-8(11(13)14)12-7-6-9-4-2-3-5-10(9)12;/h2-5,8H,6-7H2,1H3,(H,13,14);1H. The zero-order valence-corrected chi connectivity index (χ0v) is 9.33. The van der Waals surface area contributed by atoms with Crippen LogP contribution in [0.15, 0.2) is 24.3 Å². The van der Waals surface area contributed by atoms with Gasteiger partial charge in [0, 0.05) is 12.2 Å². The highest BCUT2D eigenvalue weighted by Crippen LogP contribution is 2.28. The smallest absolute Gasteiger partial charge is 0.326 e. The molecule has 0 bridgehead atoms. The molecule has 4 heteroatoms. The summed E-state index contributed by atoms with van der Waals surface area (Å²) in [5.74, 6) is -0.762. The highest BCUT2D eigenvalue weighted by Gasteiger charge is 2.26. The number of carboxylic acid groups (broad SMARTS) is 1. The molecule has 0 saturated carbocycles. The normalized spacial score (nSPS) is 15.4. The summed E-state index contributed by atoms with van der Waals surface area (Å²) in [6, 6.07) is 7.56. The van der Waals surface area contributed by atoms with Crippen LogP contribution < -0.4 is 4.90 Å². The van der Waals surface area contributed by atoms with E-state index in [1.54, 1.807) is 6.92 Å². The Kier molecular flexibility index (Phi) is 3.58. The lowest BCUT2D eigenvalue weighted by Crippen LogP contribution is -2.37. The molecule has 0 fully saturated rings. The average Bonchev–Trinajstić information content (AvgIpc) is 2.60. The number of halogens is 1. The fraction of sp³-hybridized carbons (Fsp3) is 0.364. The minimum atomic E-state index is -0.762. The van der Waals surface area contributed by atoms with Crippen molar-refractivity contribution >= 4 is 24.1 Å². The van der Waals surface area contributed by atoms with Gasteiger partial charge in [0.05, 0.1) is 0 Å². The van der Waals surface area contributed by atoms with Crippen LogP contribution in [0, 0.1) is 0 Å². The third-order valence-corrected chi connectivity index (χ3v) is 2.75. The van der Waals surface area contributed by atoms with Gasteiger partial charge in [0.1, 0.15) is 6.04 Å². The molecule has 1 atom stereocenters. The monoisotopic (exact) mass is 227 g/mol. The summed E-state index contributed by atoms with van der Waals surface area (Å²) in [7, 11) is 0. The minimum Gasteiger partial charge on any atom is -0.480 e. The molecule has 0 amide bonds. The van der Waals surface area contributed by atoms with Crippen molar-refractivity contribution in [2.24, 2.45) is 0 Å². The second-order valence-corrected chi connectivity index (χ2v) is 3.59. The number of carbonyl (C=O) groups is 1. The number of para-hydroxylation sites is 1. The van der Waals surface area contributed by atoms with Gasteiger partial charge in [0.15, 0.2) is 0 Å². The first kappa shape index (κ1) is 11.9. The predicted molar refractivity (Wildman–Crippen MR) is 61.8 cm³/mol. The van der Waals surface area contributed by atoms with E-state index in [1.165, 1.54) is 5.56 Å². The molecule has 1 aromatic rings. The SMILES string of the molecule is CC(C(=O)O)N1CCc2ccccc21.Cl. The maximum absolute atomic E-state index is 10.9. The molecule has 2 rings (SSSR count). The fourth-order valence-corrected chi connectivity index (χ4v) is 1.90. The topological polar surface area (TPSA) is 40.5 Å². The maximum atomic E-state index is 10.9. The maximum Gasteiger partial charge on any atom is 0.326 e. The van der Waals surface area contributed by atoms with Crippen molar-refractivity contribution in [2.75, 3.05) is 11.4 Å². The summed E-state index contributed by atoms with van der Waals surface area (Å²) in [4.78, 5) is 12.8. The molecule has 15 heavy (non-hydrogen) atoms. The molecular weight excluding hydrogens is 214 g/mol. The van der Waals surface area contributed by atoms with Crippen LogP contribution >= 0.6 is 12.4 Å². The summed E-state index contributed by atoms with van der Waals surface area (Å²) in [5, 5.41) is 8.93. The Balaban J connectivity index is 0.00000112. The van der Waals surface area contributed by atoms with E-state index in [2.05, 4.69) is 6.07 Å². The Morgan fingerprint density at radius 3 is 2.80 bits per heavy atom. The first-order valence-corrected chi connectivity index (χ1v) is 4.77. The summed E-state index contributed by atoms with van der Waals surface area (Å²) in [6.45, 7) is 2.54. The molecule has 1 aliphatic rings. The second kappa shape index (κ2) is 4.53. The van der Waals surface area contributed by atoms with E-state index in [9.17, 15) is 4.79 Å². The molecule has 82 valence electrons. The molecule has 1 aliphatic heterocycles. The van der Waals surface area contributed by atoms with E-state index in [4.69, 9.17) is 5.11 Å². The molecule has 3 nitrogen and oxygen atoms in total. The number of benzene rings is 1. The van der Waals surface area contributed by atoms with Gasteiger partial charge in [-0.15, -0.1) is 12.4 Å². The van der Waals surface area contributed by atoms with Gasteiger partial charge in [-0.25, -0.2) is 4.79 Å². The van der Waals surface area contributed by atoms with E-state index >= 15 is 0 Å². The highest BCUT2D eigenvalue weighted by molar-refractivity contribution is 5.85. The lowest BCUT2D eigenvalue weighted by atomic mass is 10.2. The van der Waals surface area contributed by atoms with Gasteiger partial charge in [-0.1, -0.05) is 18.2 Å². The van der Waals surface area contributed by atoms with Crippen LogP contribution in [0.5, 0.6) is 0 Å². The van der Waals surface area contributed by atoms with Gasteiger partial charge < -0.3 is 10.0 Å². The number of nitrogens with zero attached hydrogens (tertiary/aromatic N) is 1. The van der Waals surface area contributed by atoms with E-state index < -0.39 is 12.0 Å². The van der Waals surface area contributed by atoms with Crippen LogP contribution in [-0.4, -0.2) is 23.7 Å². The molecule has 1 heterocycles. The molecule has 0 aromatic heterocycles. The zero-order chi connectivity index (χ0) is 10.1. The number of hydrogen-bond acceptors (Lipinski definition) is 2. The van der Waals surface area contributed by atoms with Crippen LogP contribution in [0.4, 0.5) is 5.69 Å². The summed E-state index contributed by atoms with van der Waals surface area (Å²) >= 11 is 0. The van der Waals surface area contributed by atoms with Crippen molar-refractivity contribution in [3.8, 4) is 0 Å². The minimum absolute atomic E-state index is 0. The predicted octanol–water partition coefficient (Wildman–Crippen LogP) is 1.94. The van der Waals surface area contributed by atoms with Gasteiger partial charge in [-0.3, -0.25) is 0 Å². The van der Waals surface area contributed by atoms with Gasteiger partial charge in [0.25, 0.3) is 0 Å². The van der Waals surface area contributed by atoms with Crippen molar-refractivity contribution in [1.82, 2.24) is 0 Å². The van der Waals surface area contributed by atoms with Crippen molar-refractivity contribution in [3.63, 3.8) is 0 Å². The van der Waals surface area contributed by atoms with E-state index in [0.29, 0.717) is 0 Å². The molecule has 0 radical (unpaired) electrons. The third-order valence-electron chi connectivity index (χ3n) is 2.75. The van der Waals surface area contributed by atoms with Crippen molar-refractivity contribution in [3.05, 3.63) is 29.8 Å². The number of anilines is 1. The Bertz CT molecular complexity index is 367. The van der Waals surface area contributed by atoms with Crippen LogP contribution in [0.25, 0.3) is 0 Å². The van der Waals surface area contributed by atoms with Crippen LogP contribution in [0.1, 0.15) is 12.5 Å².